The molecular weight excluding hydrogens is 249 g/mol. The molecule has 1 aromatic rings. The summed E-state index contributed by atoms with van der Waals surface area (Å²) < 4.78 is 23.0. The lowest BCUT2D eigenvalue weighted by Gasteiger charge is -2.23. The van der Waals surface area contributed by atoms with Crippen LogP contribution in [0.1, 0.15) is 15.9 Å². The Labute approximate surface area is 113 Å². The van der Waals surface area contributed by atoms with Crippen molar-refractivity contribution in [2.75, 3.05) is 40.5 Å². The smallest absolute Gasteiger partial charge is 0.254 e. The maximum atomic E-state index is 13.1. The van der Waals surface area contributed by atoms with Gasteiger partial charge in [-0.2, -0.15) is 0 Å². The summed E-state index contributed by atoms with van der Waals surface area (Å²) in [5, 5.41) is 0. The molecule has 0 aromatic heterocycles. The zero-order valence-corrected chi connectivity index (χ0v) is 11.6. The first-order chi connectivity index (χ1) is 9.10. The normalized spacial score (nSPS) is 10.5. The Morgan fingerprint density at radius 2 is 1.79 bits per heavy atom. The van der Waals surface area contributed by atoms with Crippen molar-refractivity contribution in [1.82, 2.24) is 4.90 Å². The number of benzene rings is 1. The van der Waals surface area contributed by atoms with E-state index in [4.69, 9.17) is 9.47 Å². The molecule has 1 rings (SSSR count). The van der Waals surface area contributed by atoms with Gasteiger partial charge in [-0.05, 0) is 30.7 Å². The first kappa shape index (κ1) is 15.6. The highest BCUT2D eigenvalue weighted by Gasteiger charge is 2.17. The van der Waals surface area contributed by atoms with Crippen LogP contribution in [-0.2, 0) is 9.47 Å². The van der Waals surface area contributed by atoms with E-state index in [9.17, 15) is 9.18 Å². The minimum atomic E-state index is -0.339. The molecule has 0 radical (unpaired) electrons. The number of methoxy groups -OCH3 is 2. The third-order valence-corrected chi connectivity index (χ3v) is 2.84. The Morgan fingerprint density at radius 1 is 1.21 bits per heavy atom. The summed E-state index contributed by atoms with van der Waals surface area (Å²) in [5.41, 5.74) is 1.14. The van der Waals surface area contributed by atoms with E-state index < -0.39 is 0 Å². The van der Waals surface area contributed by atoms with Gasteiger partial charge in [0.1, 0.15) is 5.82 Å². The molecule has 1 aromatic carbocycles. The third kappa shape index (κ3) is 4.61. The van der Waals surface area contributed by atoms with Crippen molar-refractivity contribution in [3.05, 3.63) is 35.1 Å². The van der Waals surface area contributed by atoms with Gasteiger partial charge in [-0.1, -0.05) is 0 Å². The fourth-order valence-electron chi connectivity index (χ4n) is 1.76. The van der Waals surface area contributed by atoms with E-state index in [1.54, 1.807) is 26.0 Å². The molecule has 0 fully saturated rings. The highest BCUT2D eigenvalue weighted by atomic mass is 19.1. The molecule has 0 atom stereocenters. The van der Waals surface area contributed by atoms with Crippen molar-refractivity contribution in [2.45, 2.75) is 6.92 Å². The van der Waals surface area contributed by atoms with Crippen LogP contribution in [0, 0.1) is 12.7 Å². The lowest BCUT2D eigenvalue weighted by atomic mass is 10.1. The van der Waals surface area contributed by atoms with E-state index in [0.29, 0.717) is 37.4 Å². The molecule has 0 N–H and O–H groups in total. The fourth-order valence-corrected chi connectivity index (χ4v) is 1.76. The second-order valence-corrected chi connectivity index (χ2v) is 4.24. The van der Waals surface area contributed by atoms with Crippen molar-refractivity contribution in [1.29, 1.82) is 0 Å². The van der Waals surface area contributed by atoms with Crippen LogP contribution in [-0.4, -0.2) is 51.3 Å². The van der Waals surface area contributed by atoms with Crippen LogP contribution < -0.4 is 0 Å². The van der Waals surface area contributed by atoms with Gasteiger partial charge in [-0.25, -0.2) is 4.39 Å². The molecule has 0 unspecified atom stereocenters. The Kier molecular flexibility index (Phi) is 6.45. The van der Waals surface area contributed by atoms with Crippen LogP contribution in [0.3, 0.4) is 0 Å². The van der Waals surface area contributed by atoms with Crippen LogP contribution in [0.15, 0.2) is 18.2 Å². The highest BCUT2D eigenvalue weighted by molar-refractivity contribution is 5.95. The van der Waals surface area contributed by atoms with E-state index in [1.165, 1.54) is 18.2 Å². The molecule has 0 spiro atoms. The molecule has 0 aliphatic heterocycles. The number of aryl methyl sites for hydroxylation is 1. The Balaban J connectivity index is 2.84. The number of carbonyl (C=O) groups excluding carboxylic acids is 1. The number of carbonyl (C=O) groups is 1. The first-order valence-corrected chi connectivity index (χ1v) is 6.13. The Hall–Kier alpha value is -1.46. The van der Waals surface area contributed by atoms with Crippen molar-refractivity contribution < 1.29 is 18.7 Å². The second kappa shape index (κ2) is 7.86. The number of hydrogen-bond acceptors (Lipinski definition) is 3. The Morgan fingerprint density at radius 3 is 2.26 bits per heavy atom. The van der Waals surface area contributed by atoms with Crippen molar-refractivity contribution in [2.24, 2.45) is 0 Å². The molecule has 19 heavy (non-hydrogen) atoms. The van der Waals surface area contributed by atoms with Crippen molar-refractivity contribution in [3.8, 4) is 0 Å². The number of ether oxygens (including phenoxy) is 2. The average molecular weight is 269 g/mol. The van der Waals surface area contributed by atoms with Crippen LogP contribution in [0.2, 0.25) is 0 Å². The molecule has 106 valence electrons. The summed E-state index contributed by atoms with van der Waals surface area (Å²) in [4.78, 5) is 14.0. The zero-order chi connectivity index (χ0) is 14.3. The largest absolute Gasteiger partial charge is 0.383 e. The van der Waals surface area contributed by atoms with E-state index in [0.717, 1.165) is 0 Å². The molecular formula is C14H20FNO3. The minimum Gasteiger partial charge on any atom is -0.383 e. The molecule has 0 heterocycles. The summed E-state index contributed by atoms with van der Waals surface area (Å²) >= 11 is 0. The van der Waals surface area contributed by atoms with Gasteiger partial charge >= 0.3 is 0 Å². The van der Waals surface area contributed by atoms with Crippen LogP contribution in [0.4, 0.5) is 4.39 Å². The maximum Gasteiger partial charge on any atom is 0.254 e. The summed E-state index contributed by atoms with van der Waals surface area (Å²) in [6, 6.07) is 4.17. The highest BCUT2D eigenvalue weighted by Crippen LogP contribution is 2.13. The van der Waals surface area contributed by atoms with Gasteiger partial charge in [0.15, 0.2) is 0 Å². The van der Waals surface area contributed by atoms with Gasteiger partial charge < -0.3 is 14.4 Å². The number of nitrogens with zero attached hydrogens (tertiary/aromatic N) is 1. The standard InChI is InChI=1S/C14H20FNO3/c1-11-10-12(15)4-5-13(11)14(17)16(6-8-18-2)7-9-19-3/h4-5,10H,6-9H2,1-3H3. The number of amides is 1. The van der Waals surface area contributed by atoms with Gasteiger partial charge in [0.05, 0.1) is 13.2 Å². The lowest BCUT2D eigenvalue weighted by Crippen LogP contribution is -2.36. The molecule has 4 nitrogen and oxygen atoms in total. The molecule has 5 heteroatoms. The van der Waals surface area contributed by atoms with E-state index in [1.807, 2.05) is 0 Å². The summed E-state index contributed by atoms with van der Waals surface area (Å²) in [7, 11) is 3.17. The minimum absolute atomic E-state index is 0.133. The zero-order valence-electron chi connectivity index (χ0n) is 11.6. The predicted molar refractivity (Wildman–Crippen MR) is 70.8 cm³/mol. The van der Waals surface area contributed by atoms with Crippen LogP contribution >= 0.6 is 0 Å². The Bertz CT molecular complexity index is 415. The second-order valence-electron chi connectivity index (χ2n) is 4.24. The van der Waals surface area contributed by atoms with Crippen LogP contribution in [0.5, 0.6) is 0 Å². The van der Waals surface area contributed by atoms with Gasteiger partial charge in [-0.3, -0.25) is 4.79 Å². The van der Waals surface area contributed by atoms with E-state index in [2.05, 4.69) is 0 Å². The predicted octanol–water partition coefficient (Wildman–Crippen LogP) is 1.87. The average Bonchev–Trinajstić information content (AvgIpc) is 2.38. The third-order valence-electron chi connectivity index (χ3n) is 2.84. The van der Waals surface area contributed by atoms with Crippen LogP contribution in [0.25, 0.3) is 0 Å². The van der Waals surface area contributed by atoms with Crippen molar-refractivity contribution >= 4 is 5.91 Å². The lowest BCUT2D eigenvalue weighted by molar-refractivity contribution is 0.0626. The summed E-state index contributed by atoms with van der Waals surface area (Å²) in [6.45, 7) is 3.59. The maximum absolute atomic E-state index is 13.1. The monoisotopic (exact) mass is 269 g/mol. The topological polar surface area (TPSA) is 38.8 Å². The SMILES string of the molecule is COCCN(CCOC)C(=O)c1ccc(F)cc1C. The van der Waals surface area contributed by atoms with Gasteiger partial charge in [0.25, 0.3) is 5.91 Å². The van der Waals surface area contributed by atoms with Gasteiger partial charge in [0.2, 0.25) is 0 Å². The summed E-state index contributed by atoms with van der Waals surface area (Å²) in [6.07, 6.45) is 0. The molecule has 0 saturated heterocycles. The number of rotatable bonds is 7. The molecule has 0 aliphatic rings. The molecule has 0 aliphatic carbocycles. The van der Waals surface area contributed by atoms with Gasteiger partial charge in [0, 0.05) is 32.9 Å². The summed E-state index contributed by atoms with van der Waals surface area (Å²) in [5.74, 6) is -0.471. The quantitative estimate of drug-likeness (QED) is 0.758. The van der Waals surface area contributed by atoms with E-state index >= 15 is 0 Å². The number of hydrogen-bond donors (Lipinski definition) is 0. The molecule has 1 amide bonds. The first-order valence-electron chi connectivity index (χ1n) is 6.13. The van der Waals surface area contributed by atoms with Gasteiger partial charge in [-0.15, -0.1) is 0 Å². The number of halogens is 1. The van der Waals surface area contributed by atoms with E-state index in [-0.39, 0.29) is 11.7 Å². The molecule has 0 saturated carbocycles. The molecule has 0 bridgehead atoms. The van der Waals surface area contributed by atoms with Crippen molar-refractivity contribution in [3.63, 3.8) is 0 Å². The fraction of sp³-hybridized carbons (Fsp3) is 0.500.